The Morgan fingerprint density at radius 1 is 1.10 bits per heavy atom. The molecule has 1 aromatic carbocycles. The third-order valence-electron chi connectivity index (χ3n) is 8.05. The van der Waals surface area contributed by atoms with Crippen LogP contribution in [0.15, 0.2) is 24.3 Å². The lowest BCUT2D eigenvalue weighted by molar-refractivity contribution is -0.155. The maximum absolute atomic E-state index is 13.0. The van der Waals surface area contributed by atoms with E-state index in [9.17, 15) is 9.59 Å². The number of ether oxygens (including phenoxy) is 3. The molecular weight excluding hydrogens is 522 g/mol. The predicted octanol–water partition coefficient (Wildman–Crippen LogP) is 4.38. The molecule has 10 heteroatoms. The van der Waals surface area contributed by atoms with Crippen LogP contribution in [0.3, 0.4) is 0 Å². The number of methoxy groups -OCH3 is 2. The van der Waals surface area contributed by atoms with Crippen LogP contribution in [0.5, 0.6) is 11.5 Å². The number of carbonyl (C=O) groups excluding carboxylic acids is 2. The number of hydrogen-bond acceptors (Lipinski definition) is 8. The number of anilines is 1. The van der Waals surface area contributed by atoms with E-state index < -0.39 is 11.6 Å². The quantitative estimate of drug-likeness (QED) is 0.275. The van der Waals surface area contributed by atoms with Gasteiger partial charge in [0.05, 0.1) is 37.9 Å². The van der Waals surface area contributed by atoms with Crippen molar-refractivity contribution in [2.75, 3.05) is 58.9 Å². The second-order valence-electron chi connectivity index (χ2n) is 12.2. The molecule has 2 aliphatic rings. The van der Waals surface area contributed by atoms with E-state index in [-0.39, 0.29) is 18.4 Å². The van der Waals surface area contributed by atoms with Crippen molar-refractivity contribution >= 4 is 18.2 Å². The van der Waals surface area contributed by atoms with Crippen LogP contribution in [0.4, 0.5) is 5.82 Å². The van der Waals surface area contributed by atoms with Crippen molar-refractivity contribution in [3.63, 3.8) is 0 Å². The van der Waals surface area contributed by atoms with Gasteiger partial charge >= 0.3 is 5.97 Å². The summed E-state index contributed by atoms with van der Waals surface area (Å²) < 4.78 is 19.2. The fourth-order valence-corrected chi connectivity index (χ4v) is 5.87. The number of hydrogen-bond donors (Lipinski definition) is 0. The Morgan fingerprint density at radius 3 is 2.29 bits per heavy atom. The Labute approximate surface area is 244 Å². The molecule has 0 bridgehead atoms. The average Bonchev–Trinajstić information content (AvgIpc) is 3.62. The monoisotopic (exact) mass is 569 g/mol. The predicted molar refractivity (Wildman–Crippen MR) is 160 cm³/mol. The van der Waals surface area contributed by atoms with Gasteiger partial charge in [-0.2, -0.15) is 5.10 Å². The van der Waals surface area contributed by atoms with Gasteiger partial charge in [-0.05, 0) is 59.2 Å². The van der Waals surface area contributed by atoms with E-state index in [0.717, 1.165) is 76.1 Å². The molecule has 0 N–H and O–H groups in total. The van der Waals surface area contributed by atoms with Crippen LogP contribution in [-0.4, -0.2) is 97.6 Å². The van der Waals surface area contributed by atoms with Crippen molar-refractivity contribution in [3.05, 3.63) is 24.3 Å². The molecule has 1 saturated carbocycles. The molecule has 0 radical (unpaired) electrons. The minimum Gasteiger partial charge on any atom is -0.496 e. The first kappa shape index (κ1) is 30.8. The summed E-state index contributed by atoms with van der Waals surface area (Å²) in [6, 6.07) is 7.44. The van der Waals surface area contributed by atoms with Crippen molar-refractivity contribution in [3.8, 4) is 22.8 Å². The van der Waals surface area contributed by atoms with Crippen LogP contribution in [0.1, 0.15) is 65.3 Å². The molecule has 2 aromatic rings. The number of nitrogens with zero attached hydrogens (tertiary/aromatic N) is 5. The Morgan fingerprint density at radius 2 is 1.73 bits per heavy atom. The number of amides is 1. The lowest BCUT2D eigenvalue weighted by Gasteiger charge is -2.34. The summed E-state index contributed by atoms with van der Waals surface area (Å²) in [4.78, 5) is 32.2. The van der Waals surface area contributed by atoms with Gasteiger partial charge in [-0.15, -0.1) is 0 Å². The van der Waals surface area contributed by atoms with Crippen LogP contribution in [0, 0.1) is 0 Å². The van der Waals surface area contributed by atoms with Crippen molar-refractivity contribution in [1.82, 2.24) is 19.6 Å². The molecule has 1 saturated heterocycles. The van der Waals surface area contributed by atoms with Gasteiger partial charge in [-0.3, -0.25) is 19.2 Å². The maximum Gasteiger partial charge on any atom is 0.308 e. The van der Waals surface area contributed by atoms with Gasteiger partial charge in [0.2, 0.25) is 6.41 Å². The van der Waals surface area contributed by atoms with Crippen molar-refractivity contribution in [2.24, 2.45) is 0 Å². The molecule has 1 aromatic heterocycles. The number of rotatable bonds is 12. The van der Waals surface area contributed by atoms with Crippen molar-refractivity contribution in [1.29, 1.82) is 0 Å². The van der Waals surface area contributed by atoms with E-state index >= 15 is 0 Å². The Hall–Kier alpha value is -3.11. The van der Waals surface area contributed by atoms with E-state index in [1.54, 1.807) is 19.1 Å². The Kier molecular flexibility index (Phi) is 10.3. The second-order valence-corrected chi connectivity index (χ2v) is 12.2. The minimum atomic E-state index is -0.608. The van der Waals surface area contributed by atoms with Gasteiger partial charge in [-0.25, -0.2) is 0 Å². The summed E-state index contributed by atoms with van der Waals surface area (Å²) in [7, 11) is 5.41. The van der Waals surface area contributed by atoms with Crippen LogP contribution in [0.2, 0.25) is 0 Å². The molecule has 1 atom stereocenters. The fraction of sp³-hybridized carbons (Fsp3) is 0.645. The summed E-state index contributed by atoms with van der Waals surface area (Å²) in [5, 5.41) is 5.03. The van der Waals surface area contributed by atoms with Gasteiger partial charge in [0.15, 0.2) is 5.82 Å². The Balaban J connectivity index is 1.71. The van der Waals surface area contributed by atoms with Gasteiger partial charge in [0, 0.05) is 44.8 Å². The molecule has 226 valence electrons. The van der Waals surface area contributed by atoms with E-state index in [1.165, 1.54) is 0 Å². The SMILES string of the molecule is COc1cccc(OC)c1-c1cc(N(C=O)[C@@H](CCN2CCN(C)CC2)CC(=O)OC(C)(C)C)nn1C1CCCC1. The molecule has 1 amide bonds. The van der Waals surface area contributed by atoms with Crippen molar-refractivity contribution < 1.29 is 23.8 Å². The summed E-state index contributed by atoms with van der Waals surface area (Å²) >= 11 is 0. The number of likely N-dealkylation sites (N-methyl/N-ethyl adjacent to an activating group) is 1. The van der Waals surface area contributed by atoms with E-state index in [0.29, 0.717) is 23.7 Å². The third-order valence-corrected chi connectivity index (χ3v) is 8.05. The highest BCUT2D eigenvalue weighted by atomic mass is 16.6. The zero-order chi connectivity index (χ0) is 29.6. The largest absolute Gasteiger partial charge is 0.496 e. The first-order valence-corrected chi connectivity index (χ1v) is 14.8. The zero-order valence-electron chi connectivity index (χ0n) is 25.6. The number of carbonyl (C=O) groups is 2. The molecule has 0 spiro atoms. The fourth-order valence-electron chi connectivity index (χ4n) is 5.87. The molecular formula is C31H47N5O5. The lowest BCUT2D eigenvalue weighted by Crippen LogP contribution is -2.46. The lowest BCUT2D eigenvalue weighted by atomic mass is 10.1. The normalized spacial score (nSPS) is 17.8. The van der Waals surface area contributed by atoms with Crippen LogP contribution in [-0.2, 0) is 14.3 Å². The smallest absolute Gasteiger partial charge is 0.308 e. The molecule has 2 fully saturated rings. The highest BCUT2D eigenvalue weighted by Crippen LogP contribution is 2.43. The van der Waals surface area contributed by atoms with Crippen molar-refractivity contribution in [2.45, 2.75) is 77.0 Å². The topological polar surface area (TPSA) is 89.4 Å². The second kappa shape index (κ2) is 13.7. The minimum absolute atomic E-state index is 0.0906. The van der Waals surface area contributed by atoms with E-state index in [2.05, 4.69) is 16.8 Å². The number of piperazine rings is 1. The molecule has 0 unspecified atom stereocenters. The summed E-state index contributed by atoms with van der Waals surface area (Å²) in [5.74, 6) is 1.54. The molecule has 41 heavy (non-hydrogen) atoms. The summed E-state index contributed by atoms with van der Waals surface area (Å²) in [6.45, 7) is 10.3. The standard InChI is InChI=1S/C31H47N5O5/c1-31(2,3)41-29(38)20-24(14-15-34-18-16-33(4)17-19-34)35(22-37)28-21-25(36(32-28)23-10-7-8-11-23)30-26(39-5)12-9-13-27(30)40-6/h9,12-13,21-24H,7-8,10-11,14-20H2,1-6H3/t24-/m0/s1. The highest BCUT2D eigenvalue weighted by molar-refractivity contribution is 5.82. The molecule has 4 rings (SSSR count). The first-order chi connectivity index (χ1) is 19.6. The van der Waals surface area contributed by atoms with E-state index in [1.807, 2.05) is 49.7 Å². The average molecular weight is 570 g/mol. The first-order valence-electron chi connectivity index (χ1n) is 14.8. The number of aromatic nitrogens is 2. The molecule has 1 aliphatic carbocycles. The molecule has 2 heterocycles. The summed E-state index contributed by atoms with van der Waals surface area (Å²) in [5.41, 5.74) is 1.03. The van der Waals surface area contributed by atoms with Gasteiger partial charge in [-0.1, -0.05) is 18.9 Å². The third kappa shape index (κ3) is 7.80. The maximum atomic E-state index is 13.0. The molecule has 10 nitrogen and oxygen atoms in total. The van der Waals surface area contributed by atoms with Gasteiger partial charge in [0.1, 0.15) is 17.1 Å². The zero-order valence-corrected chi connectivity index (χ0v) is 25.6. The Bertz CT molecular complexity index is 1140. The highest BCUT2D eigenvalue weighted by Gasteiger charge is 2.31. The van der Waals surface area contributed by atoms with E-state index in [4.69, 9.17) is 19.3 Å². The number of benzene rings is 1. The van der Waals surface area contributed by atoms with Gasteiger partial charge in [0.25, 0.3) is 0 Å². The van der Waals surface area contributed by atoms with Crippen LogP contribution >= 0.6 is 0 Å². The number of esters is 1. The summed E-state index contributed by atoms with van der Waals surface area (Å²) in [6.07, 6.45) is 5.81. The van der Waals surface area contributed by atoms with Crippen LogP contribution < -0.4 is 14.4 Å². The van der Waals surface area contributed by atoms with Crippen LogP contribution in [0.25, 0.3) is 11.3 Å². The molecule has 1 aliphatic heterocycles. The van der Waals surface area contributed by atoms with Gasteiger partial charge < -0.3 is 24.0 Å².